The zero-order chi connectivity index (χ0) is 58.4. The lowest BCUT2D eigenvalue weighted by Crippen LogP contribution is -2.38. The Bertz CT molecular complexity index is 3810. The topological polar surface area (TPSA) is 71.1 Å². The van der Waals surface area contributed by atoms with E-state index in [0.29, 0.717) is 17.4 Å². The summed E-state index contributed by atoms with van der Waals surface area (Å²) in [6.45, 7) is 24.1. The second-order valence-electron chi connectivity index (χ2n) is 24.4. The average Bonchev–Trinajstić information content (AvgIpc) is 1.63. The van der Waals surface area contributed by atoms with Crippen molar-refractivity contribution in [3.8, 4) is 34.5 Å². The molecule has 3 aliphatic rings. The van der Waals surface area contributed by atoms with Crippen molar-refractivity contribution in [2.24, 2.45) is 0 Å². The minimum absolute atomic E-state index is 0.000931. The Morgan fingerprint density at radius 3 is 1.25 bits per heavy atom. The van der Waals surface area contributed by atoms with E-state index in [9.17, 15) is 8.42 Å². The van der Waals surface area contributed by atoms with E-state index in [1.54, 1.807) is 36.4 Å². The predicted molar refractivity (Wildman–Crippen MR) is 337 cm³/mol. The molecule has 0 saturated carbocycles. The van der Waals surface area contributed by atoms with Crippen molar-refractivity contribution < 1.29 is 27.4 Å². The highest BCUT2D eigenvalue weighted by atomic mass is 32.2. The number of ether oxygens (including phenoxy) is 4. The average molecular weight is 1120 g/mol. The van der Waals surface area contributed by atoms with E-state index < -0.39 is 15.4 Å². The molecular weight excluding hydrogens is 1040 g/mol. The van der Waals surface area contributed by atoms with Crippen LogP contribution in [0.25, 0.3) is 0 Å². The standard InChI is InChI=1S/C76H78O6S/c1-12-50(6)63-47-48-69(73-71-66-21-17-15-19-64(66)70(72(63)73)65-20-16-18-22-67(65)71)81-59-37-29-54(30-38-59)75(9,10)55-31-39-60(40-32-55)82-76(11,14-3)68(13-2)51-23-43-61(44-24-51)83(77,78)62-45-41-58(42-46-62)80-57-35-27-53(28-36-57)74(7,8)52-25-33-56(34-26-52)79-49(4)5/h15-50,68,70-71H,12-14H2,1-11H3. The number of sulfone groups is 1. The third-order valence-electron chi connectivity index (χ3n) is 18.3. The highest BCUT2D eigenvalue weighted by molar-refractivity contribution is 7.91. The summed E-state index contributed by atoms with van der Waals surface area (Å²) in [6, 6.07) is 70.0. The van der Waals surface area contributed by atoms with E-state index in [1.165, 1.54) is 55.6 Å². The van der Waals surface area contributed by atoms with Gasteiger partial charge in [0.05, 0.1) is 15.9 Å². The molecule has 3 unspecified atom stereocenters. The number of rotatable bonds is 20. The molecule has 0 amide bonds. The summed E-state index contributed by atoms with van der Waals surface area (Å²) in [6.07, 6.45) is 2.75. The van der Waals surface area contributed by atoms with E-state index in [1.807, 2.05) is 50.2 Å². The third-order valence-corrected chi connectivity index (χ3v) is 20.1. The van der Waals surface area contributed by atoms with Crippen molar-refractivity contribution in [2.75, 3.05) is 0 Å². The van der Waals surface area contributed by atoms with Crippen LogP contribution < -0.4 is 18.9 Å². The SMILES string of the molecule is CCC(C)c1ccc(Oc2ccc(C(C)(C)c3ccc(OC(C)(CC)C(CC)c4ccc(S(=O)(=O)c5ccc(Oc6ccc(C(C)(C)c7ccc(OC(C)C)cc7)cc6)cc5)cc4)cc3)cc2)c2c1C1c3ccccc3C2c2ccccc21. The summed E-state index contributed by atoms with van der Waals surface area (Å²) in [4.78, 5) is 0.437. The summed E-state index contributed by atoms with van der Waals surface area (Å²) in [5.74, 6) is 5.34. The van der Waals surface area contributed by atoms with Gasteiger partial charge < -0.3 is 18.9 Å². The van der Waals surface area contributed by atoms with Crippen molar-refractivity contribution in [2.45, 2.75) is 151 Å². The van der Waals surface area contributed by atoms with Gasteiger partial charge in [-0.25, -0.2) is 8.42 Å². The molecule has 0 heterocycles. The number of hydrogen-bond acceptors (Lipinski definition) is 6. The first-order valence-electron chi connectivity index (χ1n) is 29.8. The van der Waals surface area contributed by atoms with Gasteiger partial charge in [-0.05, 0) is 198 Å². The fourth-order valence-electron chi connectivity index (χ4n) is 13.0. The largest absolute Gasteiger partial charge is 0.491 e. The smallest absolute Gasteiger partial charge is 0.206 e. The summed E-state index contributed by atoms with van der Waals surface area (Å²) in [5, 5.41) is 0. The maximum Gasteiger partial charge on any atom is 0.206 e. The normalized spacial score (nSPS) is 16.0. The molecule has 0 aromatic heterocycles. The molecule has 0 fully saturated rings. The Morgan fingerprint density at radius 1 is 0.434 bits per heavy atom. The van der Waals surface area contributed by atoms with Crippen LogP contribution in [0.15, 0.2) is 216 Å². The fraction of sp³-hybridized carbons (Fsp3) is 0.289. The predicted octanol–water partition coefficient (Wildman–Crippen LogP) is 19.8. The van der Waals surface area contributed by atoms with Crippen LogP contribution in [0, 0.1) is 0 Å². The van der Waals surface area contributed by atoms with Crippen LogP contribution in [0.2, 0.25) is 0 Å². The van der Waals surface area contributed by atoms with E-state index in [-0.39, 0.29) is 44.5 Å². The van der Waals surface area contributed by atoms with Crippen LogP contribution in [-0.2, 0) is 20.7 Å². The van der Waals surface area contributed by atoms with Gasteiger partial charge >= 0.3 is 0 Å². The van der Waals surface area contributed by atoms with Gasteiger partial charge in [-0.15, -0.1) is 0 Å². The van der Waals surface area contributed by atoms with E-state index in [0.717, 1.165) is 53.4 Å². The summed E-state index contributed by atoms with van der Waals surface area (Å²) >= 11 is 0. The lowest BCUT2D eigenvalue weighted by Gasteiger charge is -2.44. The molecule has 3 atom stereocenters. The first-order chi connectivity index (χ1) is 39.8. The van der Waals surface area contributed by atoms with E-state index in [2.05, 4.69) is 196 Å². The molecule has 0 N–H and O–H groups in total. The maximum absolute atomic E-state index is 14.0. The van der Waals surface area contributed by atoms with Crippen molar-refractivity contribution in [3.05, 3.63) is 273 Å². The van der Waals surface area contributed by atoms with E-state index in [4.69, 9.17) is 18.9 Å². The molecule has 2 bridgehead atoms. The minimum atomic E-state index is -3.80. The summed E-state index contributed by atoms with van der Waals surface area (Å²) in [7, 11) is -3.80. The molecule has 7 heteroatoms. The Kier molecular flexibility index (Phi) is 15.6. The first kappa shape index (κ1) is 57.0. The maximum atomic E-state index is 14.0. The molecule has 0 saturated heterocycles. The highest BCUT2D eigenvalue weighted by Crippen LogP contribution is 2.60. The summed E-state index contributed by atoms with van der Waals surface area (Å²) in [5.41, 5.74) is 14.4. The molecular formula is C76H78O6S. The quantitative estimate of drug-likeness (QED) is 0.0757. The molecule has 424 valence electrons. The van der Waals surface area contributed by atoms with Gasteiger partial charge in [-0.2, -0.15) is 0 Å². The van der Waals surface area contributed by atoms with Gasteiger partial charge in [0, 0.05) is 34.1 Å². The Balaban J connectivity index is 0.738. The first-order valence-corrected chi connectivity index (χ1v) is 31.3. The van der Waals surface area contributed by atoms with Crippen molar-refractivity contribution in [1.82, 2.24) is 0 Å². The molecule has 83 heavy (non-hydrogen) atoms. The number of hydrogen-bond donors (Lipinski definition) is 0. The van der Waals surface area contributed by atoms with Crippen LogP contribution in [0.1, 0.15) is 186 Å². The van der Waals surface area contributed by atoms with Gasteiger partial charge in [0.1, 0.15) is 40.1 Å². The zero-order valence-electron chi connectivity index (χ0n) is 50.0. The Labute approximate surface area is 493 Å². The molecule has 12 rings (SSSR count). The Hall–Kier alpha value is -7.87. The Morgan fingerprint density at radius 2 is 0.831 bits per heavy atom. The van der Waals surface area contributed by atoms with E-state index >= 15 is 0 Å². The third kappa shape index (κ3) is 10.8. The van der Waals surface area contributed by atoms with Crippen molar-refractivity contribution >= 4 is 9.84 Å². The molecule has 9 aromatic rings. The molecule has 0 aliphatic heterocycles. The second kappa shape index (κ2) is 22.7. The van der Waals surface area contributed by atoms with Gasteiger partial charge in [-0.3, -0.25) is 0 Å². The van der Waals surface area contributed by atoms with Crippen LogP contribution in [0.3, 0.4) is 0 Å². The lowest BCUT2D eigenvalue weighted by molar-refractivity contribution is 0.0522. The summed E-state index contributed by atoms with van der Waals surface area (Å²) < 4.78 is 54.0. The van der Waals surface area contributed by atoms with Crippen LogP contribution in [0.5, 0.6) is 34.5 Å². The lowest BCUT2D eigenvalue weighted by atomic mass is 9.59. The second-order valence-corrected chi connectivity index (χ2v) is 26.4. The van der Waals surface area contributed by atoms with Crippen molar-refractivity contribution in [3.63, 3.8) is 0 Å². The molecule has 0 spiro atoms. The van der Waals surface area contributed by atoms with Gasteiger partial charge in [0.15, 0.2) is 0 Å². The van der Waals surface area contributed by atoms with Gasteiger partial charge in [0.25, 0.3) is 0 Å². The monoisotopic (exact) mass is 1120 g/mol. The van der Waals surface area contributed by atoms with Gasteiger partial charge in [-0.1, -0.05) is 171 Å². The molecule has 9 aromatic carbocycles. The molecule has 3 aliphatic carbocycles. The van der Waals surface area contributed by atoms with Crippen LogP contribution >= 0.6 is 0 Å². The fourth-order valence-corrected chi connectivity index (χ4v) is 14.3. The molecule has 0 radical (unpaired) electrons. The number of benzene rings is 9. The van der Waals surface area contributed by atoms with Gasteiger partial charge in [0.2, 0.25) is 9.84 Å². The van der Waals surface area contributed by atoms with Crippen molar-refractivity contribution in [1.29, 1.82) is 0 Å². The molecule has 6 nitrogen and oxygen atoms in total. The van der Waals surface area contributed by atoms with Crippen LogP contribution in [0.4, 0.5) is 0 Å². The minimum Gasteiger partial charge on any atom is -0.491 e. The highest BCUT2D eigenvalue weighted by Gasteiger charge is 2.45. The van der Waals surface area contributed by atoms with Crippen LogP contribution in [-0.4, -0.2) is 20.1 Å². The zero-order valence-corrected chi connectivity index (χ0v) is 50.8.